The molecule has 0 aromatic heterocycles. The summed E-state index contributed by atoms with van der Waals surface area (Å²) in [5.41, 5.74) is 0.290. The van der Waals surface area contributed by atoms with Crippen molar-refractivity contribution in [2.24, 2.45) is 23.2 Å². The van der Waals surface area contributed by atoms with Gasteiger partial charge in [0.15, 0.2) is 0 Å². The van der Waals surface area contributed by atoms with Gasteiger partial charge < -0.3 is 10.6 Å². The van der Waals surface area contributed by atoms with Crippen LogP contribution in [0.15, 0.2) is 29.2 Å². The molecule has 4 bridgehead atoms. The van der Waals surface area contributed by atoms with Gasteiger partial charge >= 0.3 is 0 Å². The Bertz CT molecular complexity index is 909. The van der Waals surface area contributed by atoms with Gasteiger partial charge in [-0.15, -0.1) is 0 Å². The number of hydroxylamine groups is 1. The summed E-state index contributed by atoms with van der Waals surface area (Å²) >= 11 is 0. The summed E-state index contributed by atoms with van der Waals surface area (Å²) in [7, 11) is -1.15. The molecule has 170 valence electrons. The maximum atomic E-state index is 12.9. The van der Waals surface area contributed by atoms with E-state index in [-0.39, 0.29) is 28.5 Å². The highest BCUT2D eigenvalue weighted by atomic mass is 32.2. The van der Waals surface area contributed by atoms with Crippen LogP contribution in [0.25, 0.3) is 0 Å². The van der Waals surface area contributed by atoms with Crippen molar-refractivity contribution in [3.05, 3.63) is 24.3 Å². The number of amides is 2. The first-order valence-electron chi connectivity index (χ1n) is 10.9. The summed E-state index contributed by atoms with van der Waals surface area (Å²) in [6.45, 7) is 0.303. The van der Waals surface area contributed by atoms with E-state index in [1.54, 1.807) is 0 Å². The number of sulfonamides is 1. The molecule has 8 nitrogen and oxygen atoms in total. The first kappa shape index (κ1) is 22.2. The SMILES string of the molecule is CON(C)S(=O)(=O)c1ccc(NC(=O)CCNC(=O)C23CC4CC(CC(C4)C2)C3)cc1. The first-order chi connectivity index (χ1) is 14.7. The zero-order valence-corrected chi connectivity index (χ0v) is 18.9. The van der Waals surface area contributed by atoms with Crippen LogP contribution in [0.2, 0.25) is 0 Å². The van der Waals surface area contributed by atoms with Gasteiger partial charge in [-0.05, 0) is 80.5 Å². The van der Waals surface area contributed by atoms with Gasteiger partial charge in [-0.3, -0.25) is 14.4 Å². The number of nitrogens with zero attached hydrogens (tertiary/aromatic N) is 1. The summed E-state index contributed by atoms with van der Waals surface area (Å²) < 4.78 is 25.2. The van der Waals surface area contributed by atoms with Crippen molar-refractivity contribution in [3.8, 4) is 0 Å². The molecule has 31 heavy (non-hydrogen) atoms. The summed E-state index contributed by atoms with van der Waals surface area (Å²) in [6.07, 6.45) is 7.05. The zero-order chi connectivity index (χ0) is 22.2. The molecule has 4 aliphatic rings. The molecule has 0 spiro atoms. The fraction of sp³-hybridized carbons (Fsp3) is 0.636. The van der Waals surface area contributed by atoms with Gasteiger partial charge in [0.2, 0.25) is 11.8 Å². The number of hydrogen-bond donors (Lipinski definition) is 2. The Morgan fingerprint density at radius 2 is 1.61 bits per heavy atom. The van der Waals surface area contributed by atoms with Crippen molar-refractivity contribution in [3.63, 3.8) is 0 Å². The molecule has 0 heterocycles. The van der Waals surface area contributed by atoms with Crippen LogP contribution in [-0.4, -0.2) is 45.4 Å². The van der Waals surface area contributed by atoms with E-state index in [2.05, 4.69) is 10.6 Å². The highest BCUT2D eigenvalue weighted by Gasteiger charge is 2.54. The second-order valence-corrected chi connectivity index (χ2v) is 11.3. The first-order valence-corrected chi connectivity index (χ1v) is 12.4. The van der Waals surface area contributed by atoms with E-state index in [4.69, 9.17) is 4.84 Å². The molecule has 4 fully saturated rings. The maximum absolute atomic E-state index is 12.9. The number of carbonyl (C=O) groups excluding carboxylic acids is 2. The fourth-order valence-corrected chi connectivity index (χ4v) is 7.02. The van der Waals surface area contributed by atoms with Crippen LogP contribution in [0.5, 0.6) is 0 Å². The Hall–Kier alpha value is -1.97. The highest BCUT2D eigenvalue weighted by molar-refractivity contribution is 7.89. The van der Waals surface area contributed by atoms with Crippen LogP contribution in [0.3, 0.4) is 0 Å². The predicted molar refractivity (Wildman–Crippen MR) is 115 cm³/mol. The Morgan fingerprint density at radius 3 is 2.13 bits per heavy atom. The average molecular weight is 450 g/mol. The monoisotopic (exact) mass is 449 g/mol. The number of carbonyl (C=O) groups is 2. The summed E-state index contributed by atoms with van der Waals surface area (Å²) in [5.74, 6) is 2.01. The lowest BCUT2D eigenvalue weighted by Crippen LogP contribution is -2.53. The van der Waals surface area contributed by atoms with E-state index in [9.17, 15) is 18.0 Å². The highest BCUT2D eigenvalue weighted by Crippen LogP contribution is 2.60. The third-order valence-electron chi connectivity index (χ3n) is 7.19. The number of nitrogens with one attached hydrogen (secondary N) is 2. The van der Waals surface area contributed by atoms with Crippen LogP contribution in [0.1, 0.15) is 44.9 Å². The van der Waals surface area contributed by atoms with Gasteiger partial charge in [0, 0.05) is 31.1 Å². The van der Waals surface area contributed by atoms with E-state index in [0.29, 0.717) is 30.0 Å². The molecule has 0 unspecified atom stereocenters. The minimum absolute atomic E-state index is 0.0673. The summed E-state index contributed by atoms with van der Waals surface area (Å²) in [6, 6.07) is 5.88. The second-order valence-electron chi connectivity index (χ2n) is 9.37. The molecule has 2 amide bonds. The predicted octanol–water partition coefficient (Wildman–Crippen LogP) is 2.53. The topological polar surface area (TPSA) is 105 Å². The van der Waals surface area contributed by atoms with Gasteiger partial charge in [0.05, 0.1) is 12.0 Å². The molecule has 0 saturated heterocycles. The number of benzene rings is 1. The van der Waals surface area contributed by atoms with E-state index in [1.165, 1.54) is 57.7 Å². The van der Waals surface area contributed by atoms with Gasteiger partial charge in [0.25, 0.3) is 10.0 Å². The number of hydrogen-bond acceptors (Lipinski definition) is 5. The Labute approximate surface area is 183 Å². The second kappa shape index (κ2) is 8.52. The van der Waals surface area contributed by atoms with E-state index >= 15 is 0 Å². The standard InChI is InChI=1S/C22H31N3O5S/c1-25(30-2)31(28,29)19-5-3-18(4-6-19)24-20(26)7-8-23-21(27)22-12-15-9-16(13-22)11-17(10-15)14-22/h3-6,15-17H,7-14H2,1-2H3,(H,23,27)(H,24,26). The molecule has 0 radical (unpaired) electrons. The lowest BCUT2D eigenvalue weighted by atomic mass is 9.49. The minimum atomic E-state index is -3.73. The molecule has 9 heteroatoms. The van der Waals surface area contributed by atoms with E-state index in [1.807, 2.05) is 0 Å². The number of anilines is 1. The van der Waals surface area contributed by atoms with Crippen molar-refractivity contribution in [1.29, 1.82) is 0 Å². The van der Waals surface area contributed by atoms with Crippen LogP contribution in [0, 0.1) is 23.2 Å². The third-order valence-corrected chi connectivity index (χ3v) is 8.88. The smallest absolute Gasteiger partial charge is 0.264 e. The average Bonchev–Trinajstić information content (AvgIpc) is 2.72. The molecule has 1 aromatic carbocycles. The summed E-state index contributed by atoms with van der Waals surface area (Å²) in [4.78, 5) is 30.0. The maximum Gasteiger partial charge on any atom is 0.264 e. The quantitative estimate of drug-likeness (QED) is 0.594. The van der Waals surface area contributed by atoms with Gasteiger partial charge in [0.1, 0.15) is 0 Å². The van der Waals surface area contributed by atoms with Gasteiger partial charge in [-0.25, -0.2) is 8.42 Å². The molecular formula is C22H31N3O5S. The Kier molecular flexibility index (Phi) is 6.11. The van der Waals surface area contributed by atoms with Crippen LogP contribution in [-0.2, 0) is 24.4 Å². The van der Waals surface area contributed by atoms with Gasteiger partial charge in [-0.1, -0.05) is 4.47 Å². The molecule has 0 aliphatic heterocycles. The third kappa shape index (κ3) is 4.49. The lowest BCUT2D eigenvalue weighted by molar-refractivity contribution is -0.146. The van der Waals surface area contributed by atoms with Crippen LogP contribution >= 0.6 is 0 Å². The zero-order valence-electron chi connectivity index (χ0n) is 18.1. The van der Waals surface area contributed by atoms with Crippen molar-refractivity contribution >= 4 is 27.5 Å². The molecule has 1 aromatic rings. The summed E-state index contributed by atoms with van der Waals surface area (Å²) in [5, 5.41) is 5.75. The van der Waals surface area contributed by atoms with Crippen molar-refractivity contribution in [2.45, 2.75) is 49.8 Å². The van der Waals surface area contributed by atoms with Crippen LogP contribution < -0.4 is 10.6 Å². The molecule has 5 rings (SSSR count). The van der Waals surface area contributed by atoms with Crippen LogP contribution in [0.4, 0.5) is 5.69 Å². The fourth-order valence-electron chi connectivity index (χ4n) is 6.05. The van der Waals surface area contributed by atoms with Crippen molar-refractivity contribution in [1.82, 2.24) is 9.79 Å². The molecule has 0 atom stereocenters. The number of rotatable bonds is 8. The molecule has 4 saturated carbocycles. The molecule has 4 aliphatic carbocycles. The van der Waals surface area contributed by atoms with Crippen molar-refractivity contribution < 1.29 is 22.8 Å². The lowest BCUT2D eigenvalue weighted by Gasteiger charge is -2.55. The van der Waals surface area contributed by atoms with Gasteiger partial charge in [-0.2, -0.15) is 0 Å². The Balaban J connectivity index is 1.26. The largest absolute Gasteiger partial charge is 0.355 e. The molecular weight excluding hydrogens is 418 g/mol. The minimum Gasteiger partial charge on any atom is -0.355 e. The van der Waals surface area contributed by atoms with E-state index in [0.717, 1.165) is 23.7 Å². The Morgan fingerprint density at radius 1 is 1.06 bits per heavy atom. The van der Waals surface area contributed by atoms with E-state index < -0.39 is 10.0 Å². The normalized spacial score (nSPS) is 29.2. The molecule has 2 N–H and O–H groups in total. The van der Waals surface area contributed by atoms with Crippen molar-refractivity contribution in [2.75, 3.05) is 26.0 Å².